The molecule has 0 spiro atoms. The molecule has 0 aromatic heterocycles. The van der Waals surface area contributed by atoms with Gasteiger partial charge in [-0.3, -0.25) is 4.79 Å². The molecule has 0 aromatic carbocycles. The summed E-state index contributed by atoms with van der Waals surface area (Å²) in [4.78, 5) is 11.1. The number of hydrogen-bond acceptors (Lipinski definition) is 1. The van der Waals surface area contributed by atoms with Crippen molar-refractivity contribution in [2.24, 2.45) is 11.8 Å². The van der Waals surface area contributed by atoms with Gasteiger partial charge in [0.05, 0.1) is 0 Å². The largest absolute Gasteiger partial charge is 0.295 e. The summed E-state index contributed by atoms with van der Waals surface area (Å²) in [5, 5.41) is 0. The van der Waals surface area contributed by atoms with E-state index < -0.39 is 0 Å². The van der Waals surface area contributed by atoms with Crippen LogP contribution in [0.1, 0.15) is 25.7 Å². The zero-order valence-corrected chi connectivity index (χ0v) is 6.05. The Labute approximate surface area is 61.1 Å². The molecule has 0 heterocycles. The van der Waals surface area contributed by atoms with Crippen LogP contribution in [-0.2, 0) is 4.79 Å². The molecule has 0 radical (unpaired) electrons. The molecule has 0 amide bonds. The van der Waals surface area contributed by atoms with Crippen molar-refractivity contribution in [2.45, 2.75) is 25.7 Å². The second-order valence-corrected chi connectivity index (χ2v) is 3.34. The number of carbonyl (C=O) groups excluding carboxylic acids is 1. The number of rotatable bonds is 0. The van der Waals surface area contributed by atoms with Crippen LogP contribution in [0, 0.1) is 11.8 Å². The molecule has 1 nitrogen and oxygen atoms in total. The lowest BCUT2D eigenvalue weighted by Gasteiger charge is -1.99. The summed E-state index contributed by atoms with van der Waals surface area (Å²) in [5.74, 6) is 1.57. The highest BCUT2D eigenvalue weighted by Gasteiger charge is 2.40. The smallest absolute Gasteiger partial charge is 0.158 e. The topological polar surface area (TPSA) is 17.1 Å². The summed E-state index contributed by atoms with van der Waals surface area (Å²) >= 11 is 0. The van der Waals surface area contributed by atoms with Gasteiger partial charge in [-0.1, -0.05) is 6.08 Å². The van der Waals surface area contributed by atoms with Gasteiger partial charge >= 0.3 is 0 Å². The minimum atomic E-state index is 0.379. The van der Waals surface area contributed by atoms with E-state index in [-0.39, 0.29) is 0 Å². The first-order valence-electron chi connectivity index (χ1n) is 4.08. The molecule has 0 aliphatic heterocycles. The van der Waals surface area contributed by atoms with Gasteiger partial charge in [-0.05, 0) is 37.7 Å². The second kappa shape index (κ2) is 2.22. The van der Waals surface area contributed by atoms with Gasteiger partial charge in [0.2, 0.25) is 0 Å². The predicted octanol–water partition coefficient (Wildman–Crippen LogP) is 1.93. The van der Waals surface area contributed by atoms with Crippen molar-refractivity contribution < 1.29 is 4.79 Å². The minimum absolute atomic E-state index is 0.379. The van der Waals surface area contributed by atoms with E-state index in [9.17, 15) is 4.79 Å². The summed E-state index contributed by atoms with van der Waals surface area (Å²) in [6.07, 6.45) is 8.64. The lowest BCUT2D eigenvalue weighted by Crippen LogP contribution is -1.99. The van der Waals surface area contributed by atoms with Gasteiger partial charge in [0.25, 0.3) is 0 Å². The van der Waals surface area contributed by atoms with Crippen molar-refractivity contribution in [1.29, 1.82) is 0 Å². The molecule has 2 atom stereocenters. The van der Waals surface area contributed by atoms with Gasteiger partial charge in [-0.2, -0.15) is 0 Å². The van der Waals surface area contributed by atoms with Crippen molar-refractivity contribution in [1.82, 2.24) is 0 Å². The van der Waals surface area contributed by atoms with Crippen LogP contribution >= 0.6 is 0 Å². The predicted molar refractivity (Wildman–Crippen MR) is 39.6 cm³/mol. The third-order valence-corrected chi connectivity index (χ3v) is 2.52. The Morgan fingerprint density at radius 3 is 3.30 bits per heavy atom. The quantitative estimate of drug-likeness (QED) is 0.497. The standard InChI is InChI=1S/C9H12O/c10-9-5-3-1-2-4-7-6-8(7)9/h3,5,7-8H,1-2,4,6H2/b5-3-/t7-,8+/m1/s1. The van der Waals surface area contributed by atoms with Crippen LogP contribution in [0.25, 0.3) is 0 Å². The van der Waals surface area contributed by atoms with E-state index in [0.717, 1.165) is 12.3 Å². The van der Waals surface area contributed by atoms with E-state index in [1.54, 1.807) is 6.08 Å². The van der Waals surface area contributed by atoms with Gasteiger partial charge < -0.3 is 0 Å². The number of carbonyl (C=O) groups is 1. The Morgan fingerprint density at radius 1 is 1.50 bits per heavy atom. The van der Waals surface area contributed by atoms with Crippen LogP contribution < -0.4 is 0 Å². The second-order valence-electron chi connectivity index (χ2n) is 3.34. The fourth-order valence-electron chi connectivity index (χ4n) is 1.74. The Hall–Kier alpha value is -0.590. The third kappa shape index (κ3) is 1.00. The molecule has 0 saturated heterocycles. The van der Waals surface area contributed by atoms with Crippen molar-refractivity contribution in [3.8, 4) is 0 Å². The van der Waals surface area contributed by atoms with E-state index in [4.69, 9.17) is 0 Å². The lowest BCUT2D eigenvalue weighted by atomic mass is 10.1. The number of ketones is 1. The zero-order valence-electron chi connectivity index (χ0n) is 6.05. The Kier molecular flexibility index (Phi) is 1.37. The van der Waals surface area contributed by atoms with E-state index >= 15 is 0 Å². The first-order valence-corrected chi connectivity index (χ1v) is 4.08. The van der Waals surface area contributed by atoms with Crippen LogP contribution in [-0.4, -0.2) is 5.78 Å². The average molecular weight is 136 g/mol. The van der Waals surface area contributed by atoms with Gasteiger partial charge in [-0.15, -0.1) is 0 Å². The van der Waals surface area contributed by atoms with Crippen LogP contribution in [0.4, 0.5) is 0 Å². The van der Waals surface area contributed by atoms with E-state index in [1.807, 2.05) is 6.08 Å². The fraction of sp³-hybridized carbons (Fsp3) is 0.667. The highest BCUT2D eigenvalue weighted by Crippen LogP contribution is 2.43. The van der Waals surface area contributed by atoms with Crippen molar-refractivity contribution >= 4 is 5.78 Å². The van der Waals surface area contributed by atoms with Gasteiger partial charge in [0, 0.05) is 5.92 Å². The molecular formula is C9H12O. The molecule has 54 valence electrons. The maximum atomic E-state index is 11.1. The average Bonchev–Trinajstić information content (AvgIpc) is 2.62. The third-order valence-electron chi connectivity index (χ3n) is 2.52. The molecule has 0 bridgehead atoms. The summed E-state index contributed by atoms with van der Waals surface area (Å²) in [6.45, 7) is 0. The first kappa shape index (κ1) is 6.14. The summed E-state index contributed by atoms with van der Waals surface area (Å²) < 4.78 is 0. The molecular weight excluding hydrogens is 124 g/mol. The zero-order chi connectivity index (χ0) is 6.97. The van der Waals surface area contributed by atoms with Gasteiger partial charge in [0.1, 0.15) is 0 Å². The lowest BCUT2D eigenvalue weighted by molar-refractivity contribution is -0.116. The highest BCUT2D eigenvalue weighted by molar-refractivity contribution is 5.93. The summed E-state index contributed by atoms with van der Waals surface area (Å²) in [6, 6.07) is 0. The fourth-order valence-corrected chi connectivity index (χ4v) is 1.74. The molecule has 0 unspecified atom stereocenters. The van der Waals surface area contributed by atoms with E-state index in [2.05, 4.69) is 0 Å². The SMILES string of the molecule is O=C1/C=C\CCC[C@@H]2C[C@H]12. The van der Waals surface area contributed by atoms with Crippen LogP contribution in [0.15, 0.2) is 12.2 Å². The van der Waals surface area contributed by atoms with Gasteiger partial charge in [-0.25, -0.2) is 0 Å². The van der Waals surface area contributed by atoms with Crippen molar-refractivity contribution in [2.75, 3.05) is 0 Å². The van der Waals surface area contributed by atoms with Crippen LogP contribution in [0.2, 0.25) is 0 Å². The number of hydrogen-bond donors (Lipinski definition) is 0. The molecule has 2 aliphatic rings. The Balaban J connectivity index is 2.08. The Morgan fingerprint density at radius 2 is 2.40 bits per heavy atom. The molecule has 1 heteroatoms. The molecule has 10 heavy (non-hydrogen) atoms. The molecule has 2 rings (SSSR count). The van der Waals surface area contributed by atoms with Crippen molar-refractivity contribution in [3.05, 3.63) is 12.2 Å². The summed E-state index contributed by atoms with van der Waals surface area (Å²) in [5.41, 5.74) is 0. The highest BCUT2D eigenvalue weighted by atomic mass is 16.1. The molecule has 1 saturated carbocycles. The minimum Gasteiger partial charge on any atom is -0.295 e. The molecule has 0 N–H and O–H groups in total. The maximum absolute atomic E-state index is 11.1. The van der Waals surface area contributed by atoms with Crippen LogP contribution in [0.3, 0.4) is 0 Å². The Bertz CT molecular complexity index is 181. The van der Waals surface area contributed by atoms with Crippen molar-refractivity contribution in [3.63, 3.8) is 0 Å². The monoisotopic (exact) mass is 136 g/mol. The molecule has 0 aromatic rings. The molecule has 1 fully saturated rings. The van der Waals surface area contributed by atoms with Gasteiger partial charge in [0.15, 0.2) is 5.78 Å². The molecule has 2 aliphatic carbocycles. The number of allylic oxidation sites excluding steroid dienone is 2. The van der Waals surface area contributed by atoms with E-state index in [0.29, 0.717) is 11.7 Å². The van der Waals surface area contributed by atoms with Crippen LogP contribution in [0.5, 0.6) is 0 Å². The first-order chi connectivity index (χ1) is 4.88. The maximum Gasteiger partial charge on any atom is 0.158 e. The number of fused-ring (bicyclic) bond motifs is 1. The normalized spacial score (nSPS) is 41.4. The van der Waals surface area contributed by atoms with E-state index in [1.165, 1.54) is 19.3 Å². The summed E-state index contributed by atoms with van der Waals surface area (Å²) in [7, 11) is 0.